The molecular formula is C17H18N4OS. The highest BCUT2D eigenvalue weighted by molar-refractivity contribution is 7.19. The molecule has 1 saturated heterocycles. The summed E-state index contributed by atoms with van der Waals surface area (Å²) < 4.78 is 2.03. The molecule has 0 aliphatic carbocycles. The molecule has 3 heterocycles. The third-order valence-corrected chi connectivity index (χ3v) is 5.37. The maximum atomic E-state index is 12.7. The number of hydrogen-bond acceptors (Lipinski definition) is 4. The first kappa shape index (κ1) is 14.4. The first-order valence-electron chi connectivity index (χ1n) is 7.78. The van der Waals surface area contributed by atoms with Crippen LogP contribution in [0.3, 0.4) is 0 Å². The zero-order valence-corrected chi connectivity index (χ0v) is 13.8. The van der Waals surface area contributed by atoms with Gasteiger partial charge in [-0.15, -0.1) is 0 Å². The number of aromatic nitrogens is 2. The quantitative estimate of drug-likeness (QED) is 0.787. The number of benzene rings is 1. The van der Waals surface area contributed by atoms with Gasteiger partial charge in [0.1, 0.15) is 4.88 Å². The van der Waals surface area contributed by atoms with E-state index < -0.39 is 0 Å². The molecule has 1 fully saturated rings. The number of aryl methyl sites for hydroxylation is 1. The van der Waals surface area contributed by atoms with Gasteiger partial charge in [0.2, 0.25) is 0 Å². The predicted molar refractivity (Wildman–Crippen MR) is 92.0 cm³/mol. The highest BCUT2D eigenvalue weighted by Crippen LogP contribution is 2.28. The minimum Gasteiger partial charge on any atom is -0.335 e. The molecule has 23 heavy (non-hydrogen) atoms. The number of nitrogens with one attached hydrogen (secondary N) is 1. The summed E-state index contributed by atoms with van der Waals surface area (Å²) in [6.45, 7) is 5.27. The fourth-order valence-corrected chi connectivity index (χ4v) is 3.99. The fraction of sp³-hybridized carbons (Fsp3) is 0.294. The van der Waals surface area contributed by atoms with E-state index in [1.165, 1.54) is 11.3 Å². The third kappa shape index (κ3) is 2.54. The third-order valence-electron chi connectivity index (χ3n) is 4.22. The van der Waals surface area contributed by atoms with Gasteiger partial charge in [-0.3, -0.25) is 9.20 Å². The Morgan fingerprint density at radius 2 is 1.96 bits per heavy atom. The zero-order chi connectivity index (χ0) is 15.8. The summed E-state index contributed by atoms with van der Waals surface area (Å²) in [6, 6.07) is 10.1. The first-order chi connectivity index (χ1) is 11.2. The fourth-order valence-electron chi connectivity index (χ4n) is 2.91. The Morgan fingerprint density at radius 1 is 1.22 bits per heavy atom. The van der Waals surface area contributed by atoms with Crippen LogP contribution in [0.25, 0.3) is 16.2 Å². The molecule has 1 aliphatic heterocycles. The largest absolute Gasteiger partial charge is 0.335 e. The van der Waals surface area contributed by atoms with Gasteiger partial charge in [-0.25, -0.2) is 4.98 Å². The van der Waals surface area contributed by atoms with E-state index in [1.54, 1.807) is 0 Å². The van der Waals surface area contributed by atoms with E-state index in [1.807, 2.05) is 40.6 Å². The van der Waals surface area contributed by atoms with Crippen molar-refractivity contribution >= 4 is 22.2 Å². The van der Waals surface area contributed by atoms with E-state index in [9.17, 15) is 4.79 Å². The number of imidazole rings is 1. The second-order valence-electron chi connectivity index (χ2n) is 5.70. The lowest BCUT2D eigenvalue weighted by molar-refractivity contribution is 0.0739. The lowest BCUT2D eigenvalue weighted by Crippen LogP contribution is -2.46. The molecule has 2 aromatic heterocycles. The summed E-state index contributed by atoms with van der Waals surface area (Å²) in [5, 5.41) is 3.27. The van der Waals surface area contributed by atoms with E-state index in [0.717, 1.165) is 53.0 Å². The summed E-state index contributed by atoms with van der Waals surface area (Å²) >= 11 is 1.48. The lowest BCUT2D eigenvalue weighted by atomic mass is 10.2. The van der Waals surface area contributed by atoms with E-state index >= 15 is 0 Å². The topological polar surface area (TPSA) is 49.6 Å². The number of thiazole rings is 1. The molecule has 118 valence electrons. The van der Waals surface area contributed by atoms with Crippen LogP contribution in [0.5, 0.6) is 0 Å². The van der Waals surface area contributed by atoms with Crippen LogP contribution in [-0.4, -0.2) is 46.4 Å². The van der Waals surface area contributed by atoms with Gasteiger partial charge in [-0.1, -0.05) is 41.7 Å². The Morgan fingerprint density at radius 3 is 2.65 bits per heavy atom. The van der Waals surface area contributed by atoms with Gasteiger partial charge >= 0.3 is 0 Å². The number of nitrogens with zero attached hydrogens (tertiary/aromatic N) is 3. The summed E-state index contributed by atoms with van der Waals surface area (Å²) in [6.07, 6.45) is 2.02. The average Bonchev–Trinajstić information content (AvgIpc) is 3.16. The van der Waals surface area contributed by atoms with Crippen LogP contribution in [0, 0.1) is 6.92 Å². The molecule has 0 saturated carbocycles. The SMILES string of the molecule is Cc1c(C(=O)N2CCNCC2)sc2nc(-c3ccccc3)cn12. The zero-order valence-electron chi connectivity index (χ0n) is 13.0. The van der Waals surface area contributed by atoms with E-state index in [2.05, 4.69) is 17.4 Å². The van der Waals surface area contributed by atoms with Crippen molar-refractivity contribution in [3.8, 4) is 11.3 Å². The Labute approximate surface area is 138 Å². The minimum absolute atomic E-state index is 0.126. The summed E-state index contributed by atoms with van der Waals surface area (Å²) in [5.74, 6) is 0.126. The van der Waals surface area contributed by atoms with Gasteiger partial charge in [0.05, 0.1) is 5.69 Å². The van der Waals surface area contributed by atoms with Crippen LogP contribution < -0.4 is 5.32 Å². The van der Waals surface area contributed by atoms with Gasteiger partial charge in [0.25, 0.3) is 5.91 Å². The first-order valence-corrected chi connectivity index (χ1v) is 8.59. The van der Waals surface area contributed by atoms with Crippen molar-refractivity contribution in [2.24, 2.45) is 0 Å². The van der Waals surface area contributed by atoms with E-state index in [0.29, 0.717) is 0 Å². The molecule has 1 aromatic carbocycles. The Bertz CT molecular complexity index is 846. The van der Waals surface area contributed by atoms with Crippen LogP contribution in [0.2, 0.25) is 0 Å². The Balaban J connectivity index is 1.69. The second-order valence-corrected chi connectivity index (χ2v) is 6.68. The van der Waals surface area contributed by atoms with Crippen molar-refractivity contribution in [3.63, 3.8) is 0 Å². The van der Waals surface area contributed by atoms with Gasteiger partial charge in [0.15, 0.2) is 4.96 Å². The molecule has 0 unspecified atom stereocenters. The molecular weight excluding hydrogens is 308 g/mol. The smallest absolute Gasteiger partial charge is 0.265 e. The highest BCUT2D eigenvalue weighted by atomic mass is 32.1. The maximum absolute atomic E-state index is 12.7. The van der Waals surface area contributed by atoms with Crippen molar-refractivity contribution < 1.29 is 4.79 Å². The normalized spacial score (nSPS) is 15.3. The number of carbonyl (C=O) groups is 1. The molecule has 5 nitrogen and oxygen atoms in total. The van der Waals surface area contributed by atoms with Crippen molar-refractivity contribution in [2.75, 3.05) is 26.2 Å². The molecule has 1 aliphatic rings. The molecule has 0 atom stereocenters. The van der Waals surface area contributed by atoms with Crippen LogP contribution in [0.15, 0.2) is 36.5 Å². The molecule has 0 radical (unpaired) electrons. The monoisotopic (exact) mass is 326 g/mol. The molecule has 1 amide bonds. The van der Waals surface area contributed by atoms with Crippen LogP contribution in [0.1, 0.15) is 15.4 Å². The van der Waals surface area contributed by atoms with Crippen molar-refractivity contribution in [3.05, 3.63) is 47.1 Å². The molecule has 0 bridgehead atoms. The Kier molecular flexibility index (Phi) is 3.63. The predicted octanol–water partition coefficient (Wildman–Crippen LogP) is 2.42. The van der Waals surface area contributed by atoms with Crippen LogP contribution in [-0.2, 0) is 0 Å². The molecule has 6 heteroatoms. The van der Waals surface area contributed by atoms with E-state index in [4.69, 9.17) is 4.98 Å². The highest BCUT2D eigenvalue weighted by Gasteiger charge is 2.23. The molecule has 4 rings (SSSR count). The molecule has 1 N–H and O–H groups in total. The summed E-state index contributed by atoms with van der Waals surface area (Å²) in [5.41, 5.74) is 3.02. The van der Waals surface area contributed by atoms with Gasteiger partial charge in [-0.2, -0.15) is 0 Å². The van der Waals surface area contributed by atoms with E-state index in [-0.39, 0.29) is 5.91 Å². The van der Waals surface area contributed by atoms with Gasteiger partial charge in [-0.05, 0) is 6.92 Å². The van der Waals surface area contributed by atoms with Gasteiger partial charge in [0, 0.05) is 43.6 Å². The summed E-state index contributed by atoms with van der Waals surface area (Å²) in [7, 11) is 0. The van der Waals surface area contributed by atoms with Crippen LogP contribution in [0.4, 0.5) is 0 Å². The van der Waals surface area contributed by atoms with Crippen LogP contribution >= 0.6 is 11.3 Å². The van der Waals surface area contributed by atoms with Crippen molar-refractivity contribution in [1.82, 2.24) is 19.6 Å². The number of piperazine rings is 1. The van der Waals surface area contributed by atoms with Gasteiger partial charge < -0.3 is 10.2 Å². The second kappa shape index (κ2) is 5.79. The molecule has 3 aromatic rings. The number of hydrogen-bond donors (Lipinski definition) is 1. The number of carbonyl (C=O) groups excluding carboxylic acids is 1. The lowest BCUT2D eigenvalue weighted by Gasteiger charge is -2.27. The summed E-state index contributed by atoms with van der Waals surface area (Å²) in [4.78, 5) is 21.0. The van der Waals surface area contributed by atoms with Crippen molar-refractivity contribution in [2.45, 2.75) is 6.92 Å². The Hall–Kier alpha value is -2.18. The molecule has 0 spiro atoms. The van der Waals surface area contributed by atoms with Crippen molar-refractivity contribution in [1.29, 1.82) is 0 Å². The standard InChI is InChI=1S/C17H18N4OS/c1-12-15(16(22)20-9-7-18-8-10-20)23-17-19-14(11-21(12)17)13-5-3-2-4-6-13/h2-6,11,18H,7-10H2,1H3. The average molecular weight is 326 g/mol. The number of fused-ring (bicyclic) bond motifs is 1. The maximum Gasteiger partial charge on any atom is 0.265 e. The number of rotatable bonds is 2. The number of amides is 1. The minimum atomic E-state index is 0.126.